The predicted octanol–water partition coefficient (Wildman–Crippen LogP) is 3.08. The monoisotopic (exact) mass is 437 g/mol. The highest BCUT2D eigenvalue weighted by Crippen LogP contribution is 2.22. The molecule has 2 rings (SSSR count). The van der Waals surface area contributed by atoms with Crippen LogP contribution in [0.5, 0.6) is 0 Å². The van der Waals surface area contributed by atoms with E-state index in [1.54, 1.807) is 12.1 Å². The number of esters is 1. The number of carbonyl (C=O) groups excluding carboxylic acids is 3. The van der Waals surface area contributed by atoms with Crippen molar-refractivity contribution in [1.29, 1.82) is 0 Å². The molecular formula is C19H17ClFN3O6. The second kappa shape index (κ2) is 9.79. The fourth-order valence-electron chi connectivity index (χ4n) is 2.28. The van der Waals surface area contributed by atoms with Crippen LogP contribution in [0.1, 0.15) is 24.2 Å². The largest absolute Gasteiger partial charge is 0.451 e. The van der Waals surface area contributed by atoms with Crippen LogP contribution in [-0.2, 0) is 14.3 Å². The van der Waals surface area contributed by atoms with E-state index in [0.717, 1.165) is 18.2 Å². The van der Waals surface area contributed by atoms with Gasteiger partial charge in [-0.05, 0) is 38.1 Å². The molecule has 158 valence electrons. The van der Waals surface area contributed by atoms with Gasteiger partial charge in [-0.15, -0.1) is 0 Å². The van der Waals surface area contributed by atoms with Crippen LogP contribution in [0, 0.1) is 15.9 Å². The minimum Gasteiger partial charge on any atom is -0.451 e. The average Bonchev–Trinajstić information content (AvgIpc) is 2.69. The van der Waals surface area contributed by atoms with Gasteiger partial charge in [-0.2, -0.15) is 4.39 Å². The second-order valence-electron chi connectivity index (χ2n) is 6.17. The number of nitro groups is 1. The topological polar surface area (TPSA) is 128 Å². The number of amides is 2. The van der Waals surface area contributed by atoms with E-state index in [9.17, 15) is 28.9 Å². The highest BCUT2D eigenvalue weighted by molar-refractivity contribution is 6.33. The number of hydrogen-bond donors (Lipinski definition) is 2. The SMILES string of the molecule is CC(NC(=O)c1ccccc1Cl)C(=O)OC(C)C(=O)Nc1ccc(F)c([N+](=O)[O-])c1. The Bertz CT molecular complexity index is 1000. The number of carbonyl (C=O) groups is 3. The van der Waals surface area contributed by atoms with Crippen LogP contribution in [0.25, 0.3) is 0 Å². The lowest BCUT2D eigenvalue weighted by molar-refractivity contribution is -0.387. The molecule has 0 fully saturated rings. The third kappa shape index (κ3) is 5.74. The van der Waals surface area contributed by atoms with Gasteiger partial charge in [0.15, 0.2) is 6.10 Å². The number of nitrogens with one attached hydrogen (secondary N) is 2. The molecule has 30 heavy (non-hydrogen) atoms. The van der Waals surface area contributed by atoms with E-state index < -0.39 is 46.4 Å². The van der Waals surface area contributed by atoms with Crippen molar-refractivity contribution in [3.63, 3.8) is 0 Å². The summed E-state index contributed by atoms with van der Waals surface area (Å²) < 4.78 is 18.4. The van der Waals surface area contributed by atoms with E-state index in [1.165, 1.54) is 26.0 Å². The van der Waals surface area contributed by atoms with Crippen molar-refractivity contribution in [3.8, 4) is 0 Å². The summed E-state index contributed by atoms with van der Waals surface area (Å²) in [6.07, 6.45) is -1.29. The van der Waals surface area contributed by atoms with Gasteiger partial charge < -0.3 is 15.4 Å². The van der Waals surface area contributed by atoms with Gasteiger partial charge in [-0.3, -0.25) is 19.7 Å². The van der Waals surface area contributed by atoms with Crippen LogP contribution in [0.2, 0.25) is 5.02 Å². The number of nitro benzene ring substituents is 1. The molecule has 2 aromatic rings. The summed E-state index contributed by atoms with van der Waals surface area (Å²) in [7, 11) is 0. The maximum atomic E-state index is 13.4. The highest BCUT2D eigenvalue weighted by Gasteiger charge is 2.25. The molecule has 0 bridgehead atoms. The maximum absolute atomic E-state index is 13.4. The summed E-state index contributed by atoms with van der Waals surface area (Å²) in [5, 5.41) is 15.7. The van der Waals surface area contributed by atoms with Crippen molar-refractivity contribution < 1.29 is 28.4 Å². The predicted molar refractivity (Wildman–Crippen MR) is 106 cm³/mol. The van der Waals surface area contributed by atoms with E-state index in [-0.39, 0.29) is 16.3 Å². The first-order valence-electron chi connectivity index (χ1n) is 8.61. The van der Waals surface area contributed by atoms with Crippen molar-refractivity contribution in [2.75, 3.05) is 5.32 Å². The highest BCUT2D eigenvalue weighted by atomic mass is 35.5. The van der Waals surface area contributed by atoms with Gasteiger partial charge in [-0.1, -0.05) is 23.7 Å². The minimum atomic E-state index is -1.29. The number of ether oxygens (including phenoxy) is 1. The Kier molecular flexibility index (Phi) is 7.43. The van der Waals surface area contributed by atoms with Gasteiger partial charge in [0.1, 0.15) is 6.04 Å². The first-order valence-corrected chi connectivity index (χ1v) is 8.98. The van der Waals surface area contributed by atoms with Gasteiger partial charge in [-0.25, -0.2) is 4.79 Å². The van der Waals surface area contributed by atoms with Gasteiger partial charge in [0.05, 0.1) is 15.5 Å². The minimum absolute atomic E-state index is 0.0453. The van der Waals surface area contributed by atoms with E-state index in [1.807, 2.05) is 0 Å². The van der Waals surface area contributed by atoms with E-state index >= 15 is 0 Å². The Hall–Kier alpha value is -3.53. The summed E-state index contributed by atoms with van der Waals surface area (Å²) >= 11 is 5.93. The molecule has 0 aromatic heterocycles. The summed E-state index contributed by atoms with van der Waals surface area (Å²) in [5.41, 5.74) is -0.688. The molecule has 0 radical (unpaired) electrons. The van der Waals surface area contributed by atoms with Crippen molar-refractivity contribution in [2.45, 2.75) is 26.0 Å². The number of benzene rings is 2. The van der Waals surface area contributed by atoms with E-state index in [2.05, 4.69) is 10.6 Å². The van der Waals surface area contributed by atoms with Crippen molar-refractivity contribution in [3.05, 3.63) is 69.0 Å². The van der Waals surface area contributed by atoms with E-state index in [0.29, 0.717) is 0 Å². The quantitative estimate of drug-likeness (QED) is 0.389. The molecule has 0 saturated carbocycles. The molecule has 0 heterocycles. The van der Waals surface area contributed by atoms with E-state index in [4.69, 9.17) is 16.3 Å². The molecule has 2 amide bonds. The Labute approximate surface area is 175 Å². The van der Waals surface area contributed by atoms with Crippen molar-refractivity contribution in [2.24, 2.45) is 0 Å². The lowest BCUT2D eigenvalue weighted by Gasteiger charge is -2.18. The zero-order valence-electron chi connectivity index (χ0n) is 15.8. The molecule has 0 spiro atoms. The summed E-state index contributed by atoms with van der Waals surface area (Å²) in [6.45, 7) is 2.64. The molecule has 0 saturated heterocycles. The summed E-state index contributed by atoms with van der Waals surface area (Å²) in [5.74, 6) is -3.33. The third-order valence-corrected chi connectivity index (χ3v) is 4.22. The molecule has 2 N–H and O–H groups in total. The lowest BCUT2D eigenvalue weighted by Crippen LogP contribution is -2.42. The maximum Gasteiger partial charge on any atom is 0.329 e. The number of halogens is 2. The second-order valence-corrected chi connectivity index (χ2v) is 6.57. The van der Waals surface area contributed by atoms with Gasteiger partial charge in [0, 0.05) is 11.8 Å². The number of nitrogens with zero attached hydrogens (tertiary/aromatic N) is 1. The van der Waals surface area contributed by atoms with Crippen LogP contribution in [0.4, 0.5) is 15.8 Å². The van der Waals surface area contributed by atoms with Gasteiger partial charge in [0.2, 0.25) is 5.82 Å². The van der Waals surface area contributed by atoms with Crippen molar-refractivity contribution >= 4 is 40.8 Å². The number of anilines is 1. The smallest absolute Gasteiger partial charge is 0.329 e. The standard InChI is InChI=1S/C19H17ClFN3O6/c1-10(22-18(26)13-5-3-4-6-14(13)20)19(27)30-11(2)17(25)23-12-7-8-15(21)16(9-12)24(28)29/h3-11H,1-2H3,(H,22,26)(H,23,25). The fourth-order valence-corrected chi connectivity index (χ4v) is 2.50. The first kappa shape index (κ1) is 22.8. The third-order valence-electron chi connectivity index (χ3n) is 3.89. The van der Waals surface area contributed by atoms with Crippen LogP contribution in [0.3, 0.4) is 0 Å². The lowest BCUT2D eigenvalue weighted by atomic mass is 10.2. The van der Waals surface area contributed by atoms with Crippen LogP contribution < -0.4 is 10.6 Å². The molecule has 0 aliphatic rings. The summed E-state index contributed by atoms with van der Waals surface area (Å²) in [4.78, 5) is 46.4. The zero-order valence-corrected chi connectivity index (χ0v) is 16.6. The normalized spacial score (nSPS) is 12.4. The fraction of sp³-hybridized carbons (Fsp3) is 0.211. The Morgan fingerprint density at radius 2 is 1.83 bits per heavy atom. The molecule has 2 aromatic carbocycles. The molecule has 11 heteroatoms. The van der Waals surface area contributed by atoms with Crippen LogP contribution in [0.15, 0.2) is 42.5 Å². The molecule has 0 aliphatic heterocycles. The van der Waals surface area contributed by atoms with Crippen LogP contribution in [-0.4, -0.2) is 34.9 Å². The molecule has 9 nitrogen and oxygen atoms in total. The average molecular weight is 438 g/mol. The Morgan fingerprint density at radius 1 is 1.17 bits per heavy atom. The number of hydrogen-bond acceptors (Lipinski definition) is 6. The molecule has 0 aliphatic carbocycles. The van der Waals surface area contributed by atoms with Gasteiger partial charge >= 0.3 is 11.7 Å². The summed E-state index contributed by atoms with van der Waals surface area (Å²) in [6, 6.07) is 7.96. The Morgan fingerprint density at radius 3 is 2.47 bits per heavy atom. The zero-order chi connectivity index (χ0) is 22.4. The first-order chi connectivity index (χ1) is 14.1. The Balaban J connectivity index is 1.95. The van der Waals surface area contributed by atoms with Crippen LogP contribution >= 0.6 is 11.6 Å². The molecule has 2 atom stereocenters. The molecule has 2 unspecified atom stereocenters. The number of rotatable bonds is 7. The van der Waals surface area contributed by atoms with Gasteiger partial charge in [0.25, 0.3) is 11.8 Å². The van der Waals surface area contributed by atoms with Crippen molar-refractivity contribution in [1.82, 2.24) is 5.32 Å². The molecular weight excluding hydrogens is 421 g/mol.